The molecule has 0 unspecified atom stereocenters. The second-order valence-corrected chi connectivity index (χ2v) is 6.47. The number of Topliss-reactive ketones (excluding diaryl/α,β-unsaturated/α-hetero) is 1. The van der Waals surface area contributed by atoms with Gasteiger partial charge in [0.15, 0.2) is 5.78 Å². The van der Waals surface area contributed by atoms with Crippen LogP contribution in [0.25, 0.3) is 0 Å². The molecule has 2 atom stereocenters. The molecule has 0 aromatic heterocycles. The molecule has 0 spiro atoms. The lowest BCUT2D eigenvalue weighted by atomic mass is 9.95. The van der Waals surface area contributed by atoms with Gasteiger partial charge in [0.1, 0.15) is 0 Å². The van der Waals surface area contributed by atoms with Gasteiger partial charge in [0, 0.05) is 22.4 Å². The van der Waals surface area contributed by atoms with Gasteiger partial charge in [-0.25, -0.2) is 0 Å². The maximum absolute atomic E-state index is 12.2. The summed E-state index contributed by atoms with van der Waals surface area (Å²) >= 11 is 6.30. The Bertz CT molecular complexity index is 572. The smallest absolute Gasteiger partial charge is 0.166 e. The Kier molecular flexibility index (Phi) is 2.75. The molecule has 2 saturated carbocycles. The zero-order valence-corrected chi connectivity index (χ0v) is 11.7. The van der Waals surface area contributed by atoms with Crippen molar-refractivity contribution in [3.8, 4) is 0 Å². The number of carbonyl (C=O) groups is 1. The fraction of sp³-hybridized carbons (Fsp3) is 0.438. The predicted octanol–water partition coefficient (Wildman–Crippen LogP) is 4.28. The van der Waals surface area contributed by atoms with Crippen LogP contribution in [0.2, 0.25) is 5.02 Å². The predicted molar refractivity (Wildman–Crippen MR) is 75.7 cm³/mol. The van der Waals surface area contributed by atoms with E-state index in [4.69, 9.17) is 11.6 Å². The van der Waals surface area contributed by atoms with Crippen LogP contribution in [0.5, 0.6) is 0 Å². The Labute approximate surface area is 118 Å². The van der Waals surface area contributed by atoms with Crippen LogP contribution < -0.4 is 0 Å². The van der Waals surface area contributed by atoms with Crippen LogP contribution in [0, 0.1) is 11.8 Å². The van der Waals surface area contributed by atoms with E-state index < -0.39 is 0 Å². The van der Waals surface area contributed by atoms with Crippen molar-refractivity contribution in [3.05, 3.63) is 46.7 Å². The normalized spacial score (nSPS) is 26.8. The van der Waals surface area contributed by atoms with Crippen molar-refractivity contribution in [3.63, 3.8) is 0 Å². The van der Waals surface area contributed by atoms with E-state index in [1.807, 2.05) is 12.1 Å². The van der Waals surface area contributed by atoms with E-state index in [-0.39, 0.29) is 28.8 Å². The number of halogens is 1. The fourth-order valence-electron chi connectivity index (χ4n) is 2.68. The van der Waals surface area contributed by atoms with Gasteiger partial charge in [-0.3, -0.25) is 4.79 Å². The Morgan fingerprint density at radius 3 is 2.58 bits per heavy atom. The van der Waals surface area contributed by atoms with Gasteiger partial charge in [-0.2, -0.15) is 0 Å². The molecule has 2 aliphatic carbocycles. The lowest BCUT2D eigenvalue weighted by Gasteiger charge is -2.12. The molecule has 19 heavy (non-hydrogen) atoms. The van der Waals surface area contributed by atoms with Crippen molar-refractivity contribution in [2.24, 2.45) is 11.8 Å². The third kappa shape index (κ3) is 2.18. The molecule has 0 saturated heterocycles. The molecule has 2 nitrogen and oxygen atoms in total. The van der Waals surface area contributed by atoms with Gasteiger partial charge in [-0.05, 0) is 36.3 Å². The molecule has 1 aromatic carbocycles. The molecule has 0 radical (unpaired) electrons. The minimum absolute atomic E-state index is 0.0631. The molecular formula is C16H17ClO2. The number of aliphatic hydroxyl groups excluding tert-OH is 1. The van der Waals surface area contributed by atoms with Crippen molar-refractivity contribution < 1.29 is 9.90 Å². The van der Waals surface area contributed by atoms with E-state index in [0.29, 0.717) is 17.0 Å². The first-order chi connectivity index (χ1) is 8.92. The van der Waals surface area contributed by atoms with Gasteiger partial charge in [-0.15, -0.1) is 0 Å². The quantitative estimate of drug-likeness (QED) is 0.658. The van der Waals surface area contributed by atoms with Crippen LogP contribution in [-0.4, -0.2) is 10.9 Å². The standard InChI is InChI=1S/C16H17ClO2/c1-9(18)11-8-12(11)15(19)10-3-4-13(14(17)7-10)16(2)5-6-16/h3-4,7,11-12,18H,1,5-6,8H2,2H3/t11-,12+/m1/s1. The van der Waals surface area contributed by atoms with Crippen LogP contribution in [0.1, 0.15) is 42.1 Å². The van der Waals surface area contributed by atoms with Crippen molar-refractivity contribution in [1.29, 1.82) is 0 Å². The van der Waals surface area contributed by atoms with Crippen molar-refractivity contribution in [2.45, 2.75) is 31.6 Å². The van der Waals surface area contributed by atoms with Crippen molar-refractivity contribution in [1.82, 2.24) is 0 Å². The number of rotatable bonds is 4. The number of ketones is 1. The van der Waals surface area contributed by atoms with E-state index >= 15 is 0 Å². The highest BCUT2D eigenvalue weighted by molar-refractivity contribution is 6.32. The highest BCUT2D eigenvalue weighted by atomic mass is 35.5. The summed E-state index contributed by atoms with van der Waals surface area (Å²) in [4.78, 5) is 12.2. The van der Waals surface area contributed by atoms with Crippen molar-refractivity contribution in [2.75, 3.05) is 0 Å². The molecule has 0 bridgehead atoms. The molecular weight excluding hydrogens is 260 g/mol. The van der Waals surface area contributed by atoms with Crippen LogP contribution in [0.15, 0.2) is 30.5 Å². The monoisotopic (exact) mass is 276 g/mol. The zero-order valence-electron chi connectivity index (χ0n) is 10.9. The second-order valence-electron chi connectivity index (χ2n) is 6.06. The molecule has 2 fully saturated rings. The van der Waals surface area contributed by atoms with E-state index in [9.17, 15) is 9.90 Å². The van der Waals surface area contributed by atoms with Crippen LogP contribution in [0.3, 0.4) is 0 Å². The molecule has 1 aromatic rings. The Morgan fingerprint density at radius 2 is 2.11 bits per heavy atom. The SMILES string of the molecule is C=C(O)[C@H]1C[C@@H]1C(=O)c1ccc(C2(C)CC2)c(Cl)c1. The molecule has 0 amide bonds. The van der Waals surface area contributed by atoms with Gasteiger partial charge in [0.05, 0.1) is 5.76 Å². The third-order valence-corrected chi connectivity index (χ3v) is 4.77. The van der Waals surface area contributed by atoms with Gasteiger partial charge < -0.3 is 5.11 Å². The van der Waals surface area contributed by atoms with Gasteiger partial charge in [0.25, 0.3) is 0 Å². The summed E-state index contributed by atoms with van der Waals surface area (Å²) in [6, 6.07) is 5.62. The van der Waals surface area contributed by atoms with Gasteiger partial charge in [0.2, 0.25) is 0 Å². The number of hydrogen-bond donors (Lipinski definition) is 1. The number of allylic oxidation sites excluding steroid dienone is 1. The Balaban J connectivity index is 1.81. The minimum atomic E-state index is -0.115. The lowest BCUT2D eigenvalue weighted by molar-refractivity contribution is 0.0960. The molecule has 3 rings (SSSR count). The summed E-state index contributed by atoms with van der Waals surface area (Å²) in [6.45, 7) is 5.69. The summed E-state index contributed by atoms with van der Waals surface area (Å²) in [5.41, 5.74) is 2.00. The molecule has 3 heteroatoms. The lowest BCUT2D eigenvalue weighted by Crippen LogP contribution is -2.07. The summed E-state index contributed by atoms with van der Waals surface area (Å²) in [6.07, 6.45) is 3.02. The average molecular weight is 277 g/mol. The molecule has 2 aliphatic rings. The molecule has 1 N–H and O–H groups in total. The first-order valence-corrected chi connectivity index (χ1v) is 7.02. The van der Waals surface area contributed by atoms with Crippen LogP contribution >= 0.6 is 11.6 Å². The van der Waals surface area contributed by atoms with E-state index in [1.165, 1.54) is 0 Å². The Hall–Kier alpha value is -1.28. The van der Waals surface area contributed by atoms with Gasteiger partial charge in [-0.1, -0.05) is 37.2 Å². The number of carbonyl (C=O) groups excluding carboxylic acids is 1. The highest BCUT2D eigenvalue weighted by Gasteiger charge is 2.45. The molecule has 0 heterocycles. The molecule has 0 aliphatic heterocycles. The summed E-state index contributed by atoms with van der Waals surface area (Å²) in [7, 11) is 0. The molecule has 100 valence electrons. The highest BCUT2D eigenvalue weighted by Crippen LogP contribution is 2.50. The fourth-order valence-corrected chi connectivity index (χ4v) is 3.09. The first kappa shape index (κ1) is 12.7. The van der Waals surface area contributed by atoms with E-state index in [1.54, 1.807) is 6.07 Å². The summed E-state index contributed by atoms with van der Waals surface area (Å²) in [5.74, 6) is 0.00369. The van der Waals surface area contributed by atoms with E-state index in [2.05, 4.69) is 13.5 Å². The largest absolute Gasteiger partial charge is 0.513 e. The average Bonchev–Trinajstić information content (AvgIpc) is 3.23. The zero-order chi connectivity index (χ0) is 13.8. The van der Waals surface area contributed by atoms with Crippen LogP contribution in [-0.2, 0) is 5.41 Å². The number of aliphatic hydroxyl groups is 1. The van der Waals surface area contributed by atoms with Crippen LogP contribution in [0.4, 0.5) is 0 Å². The summed E-state index contributed by atoms with van der Waals surface area (Å²) in [5, 5.41) is 9.99. The number of hydrogen-bond acceptors (Lipinski definition) is 2. The Morgan fingerprint density at radius 1 is 1.42 bits per heavy atom. The van der Waals surface area contributed by atoms with Crippen molar-refractivity contribution >= 4 is 17.4 Å². The second kappa shape index (κ2) is 4.11. The minimum Gasteiger partial charge on any atom is -0.513 e. The maximum atomic E-state index is 12.2. The summed E-state index contributed by atoms with van der Waals surface area (Å²) < 4.78 is 0. The third-order valence-electron chi connectivity index (χ3n) is 4.46. The van der Waals surface area contributed by atoms with E-state index in [0.717, 1.165) is 18.4 Å². The maximum Gasteiger partial charge on any atom is 0.166 e. The number of benzene rings is 1. The van der Waals surface area contributed by atoms with Gasteiger partial charge >= 0.3 is 0 Å². The first-order valence-electron chi connectivity index (χ1n) is 6.64. The topological polar surface area (TPSA) is 37.3 Å².